The smallest absolute Gasteiger partial charge is 0.176 e. The molecule has 21 heavy (non-hydrogen) atoms. The monoisotopic (exact) mass is 293 g/mol. The van der Waals surface area contributed by atoms with Crippen LogP contribution in [-0.2, 0) is 9.47 Å². The number of hydrogen-bond acceptors (Lipinski definition) is 3. The largest absolute Gasteiger partial charge is 0.489 e. The van der Waals surface area contributed by atoms with E-state index < -0.39 is 0 Å². The summed E-state index contributed by atoms with van der Waals surface area (Å²) >= 11 is 0. The molecule has 120 valence electrons. The molecular weight excluding hydrogens is 262 g/mol. The molecule has 0 aromatic rings. The predicted molar refractivity (Wildman–Crippen MR) is 88.4 cm³/mol. The van der Waals surface area contributed by atoms with Gasteiger partial charge in [-0.25, -0.2) is 0 Å². The van der Waals surface area contributed by atoms with Gasteiger partial charge in [-0.15, -0.1) is 0 Å². The molecule has 0 aromatic carbocycles. The Kier molecular flexibility index (Phi) is 5.54. The van der Waals surface area contributed by atoms with Crippen molar-refractivity contribution >= 4 is 0 Å². The Hall–Kier alpha value is -1.38. The lowest BCUT2D eigenvalue weighted by Gasteiger charge is -2.30. The van der Waals surface area contributed by atoms with Crippen LogP contribution in [0.5, 0.6) is 0 Å². The van der Waals surface area contributed by atoms with Gasteiger partial charge in [0.25, 0.3) is 0 Å². The van der Waals surface area contributed by atoms with E-state index in [1.807, 2.05) is 6.08 Å². The average molecular weight is 293 g/mol. The summed E-state index contributed by atoms with van der Waals surface area (Å²) in [6, 6.07) is 0. The second-order valence-corrected chi connectivity index (χ2v) is 7.55. The van der Waals surface area contributed by atoms with E-state index >= 15 is 0 Å². The summed E-state index contributed by atoms with van der Waals surface area (Å²) in [6.07, 6.45) is 5.53. The third kappa shape index (κ3) is 4.55. The first-order valence-corrected chi connectivity index (χ1v) is 7.67. The zero-order valence-electron chi connectivity index (χ0n) is 14.6. The van der Waals surface area contributed by atoms with Crippen LogP contribution in [0.4, 0.5) is 0 Å². The first-order chi connectivity index (χ1) is 9.60. The molecule has 0 spiro atoms. The van der Waals surface area contributed by atoms with Crippen LogP contribution >= 0.6 is 0 Å². The number of nitrogens with two attached hydrogens (primary N) is 1. The molecule has 3 heteroatoms. The van der Waals surface area contributed by atoms with Gasteiger partial charge in [0, 0.05) is 11.6 Å². The van der Waals surface area contributed by atoms with E-state index in [2.05, 4.69) is 54.5 Å². The van der Waals surface area contributed by atoms with Crippen LogP contribution in [0.1, 0.15) is 48.5 Å². The van der Waals surface area contributed by atoms with Crippen molar-refractivity contribution < 1.29 is 9.47 Å². The lowest BCUT2D eigenvalue weighted by molar-refractivity contribution is 0.0425. The van der Waals surface area contributed by atoms with Gasteiger partial charge < -0.3 is 15.2 Å². The number of rotatable bonds is 2. The van der Waals surface area contributed by atoms with Gasteiger partial charge in [-0.3, -0.25) is 0 Å². The summed E-state index contributed by atoms with van der Waals surface area (Å²) in [5.74, 6) is 1.81. The summed E-state index contributed by atoms with van der Waals surface area (Å²) in [5, 5.41) is 0. The minimum Gasteiger partial charge on any atom is -0.489 e. The first kappa shape index (κ1) is 17.7. The minimum absolute atomic E-state index is 0.00731. The second kappa shape index (κ2) is 6.59. The van der Waals surface area contributed by atoms with Crippen molar-refractivity contribution in [3.63, 3.8) is 0 Å². The van der Waals surface area contributed by atoms with E-state index in [1.54, 1.807) is 0 Å². The van der Waals surface area contributed by atoms with Crippen LogP contribution < -0.4 is 5.73 Å². The van der Waals surface area contributed by atoms with Crippen LogP contribution in [0.15, 0.2) is 35.4 Å². The summed E-state index contributed by atoms with van der Waals surface area (Å²) < 4.78 is 11.9. The van der Waals surface area contributed by atoms with Gasteiger partial charge in [0.15, 0.2) is 11.5 Å². The normalized spacial score (nSPS) is 28.5. The van der Waals surface area contributed by atoms with Gasteiger partial charge in [-0.2, -0.15) is 0 Å². The standard InChI is InChI=1S/C18H31NO2/c1-13(2)18(7)11-20-15(16(10-19)21-12-18)9-8-14(3)17(4,5)6/h8-10,13H,11-12,19H2,1-7H3/b14-8+,15-9+,16-10+. The maximum atomic E-state index is 5.99. The molecule has 1 aliphatic rings. The Labute approximate surface area is 129 Å². The highest BCUT2D eigenvalue weighted by Crippen LogP contribution is 2.34. The maximum Gasteiger partial charge on any atom is 0.176 e. The van der Waals surface area contributed by atoms with Gasteiger partial charge in [0.1, 0.15) is 0 Å². The Morgan fingerprint density at radius 2 is 1.71 bits per heavy atom. The number of allylic oxidation sites excluding steroid dienone is 3. The highest BCUT2D eigenvalue weighted by Gasteiger charge is 2.34. The van der Waals surface area contributed by atoms with E-state index in [-0.39, 0.29) is 10.8 Å². The number of ether oxygens (including phenoxy) is 2. The molecule has 1 heterocycles. The van der Waals surface area contributed by atoms with Crippen LogP contribution in [0, 0.1) is 16.7 Å². The highest BCUT2D eigenvalue weighted by molar-refractivity contribution is 5.27. The molecule has 3 nitrogen and oxygen atoms in total. The first-order valence-electron chi connectivity index (χ1n) is 7.67. The summed E-state index contributed by atoms with van der Waals surface area (Å²) in [6.45, 7) is 16.5. The van der Waals surface area contributed by atoms with E-state index in [0.29, 0.717) is 30.6 Å². The molecule has 0 bridgehead atoms. The predicted octanol–water partition coefficient (Wildman–Crippen LogP) is 4.37. The third-order valence-corrected chi connectivity index (χ3v) is 4.57. The SMILES string of the molecule is C\C(=C/C=C1/OCC(C)(C(C)C)CO/C1=C/N)C(C)(C)C. The third-order valence-electron chi connectivity index (χ3n) is 4.57. The molecule has 0 aromatic heterocycles. The van der Waals surface area contributed by atoms with E-state index in [9.17, 15) is 0 Å². The van der Waals surface area contributed by atoms with E-state index in [1.165, 1.54) is 11.8 Å². The van der Waals surface area contributed by atoms with Gasteiger partial charge in [-0.1, -0.05) is 53.2 Å². The second-order valence-electron chi connectivity index (χ2n) is 7.55. The minimum atomic E-state index is -0.00731. The van der Waals surface area contributed by atoms with Gasteiger partial charge >= 0.3 is 0 Å². The fourth-order valence-electron chi connectivity index (χ4n) is 1.71. The summed E-state index contributed by atoms with van der Waals surface area (Å²) in [4.78, 5) is 0. The molecule has 1 unspecified atom stereocenters. The van der Waals surface area contributed by atoms with E-state index in [0.717, 1.165) is 0 Å². The van der Waals surface area contributed by atoms with Crippen LogP contribution in [0.25, 0.3) is 0 Å². The van der Waals surface area contributed by atoms with Gasteiger partial charge in [0.2, 0.25) is 0 Å². The lowest BCUT2D eigenvalue weighted by atomic mass is 9.81. The molecular formula is C18H31NO2. The molecule has 0 radical (unpaired) electrons. The molecule has 1 atom stereocenters. The van der Waals surface area contributed by atoms with Crippen molar-refractivity contribution in [1.29, 1.82) is 0 Å². The summed E-state index contributed by atoms with van der Waals surface area (Å²) in [5.41, 5.74) is 7.11. The quantitative estimate of drug-likeness (QED) is 0.822. The molecule has 1 aliphatic heterocycles. The van der Waals surface area contributed by atoms with Crippen molar-refractivity contribution in [3.8, 4) is 0 Å². The van der Waals surface area contributed by atoms with Gasteiger partial charge in [-0.05, 0) is 24.3 Å². The molecule has 1 rings (SSSR count). The van der Waals surface area contributed by atoms with Crippen LogP contribution in [0.2, 0.25) is 0 Å². The Balaban J connectivity index is 3.02. The highest BCUT2D eigenvalue weighted by atomic mass is 16.5. The Morgan fingerprint density at radius 3 is 2.14 bits per heavy atom. The molecule has 0 saturated carbocycles. The molecule has 1 fully saturated rings. The zero-order valence-corrected chi connectivity index (χ0v) is 14.6. The zero-order chi connectivity index (χ0) is 16.3. The van der Waals surface area contributed by atoms with Crippen molar-refractivity contribution in [2.24, 2.45) is 22.5 Å². The molecule has 0 aliphatic carbocycles. The van der Waals surface area contributed by atoms with Crippen molar-refractivity contribution in [1.82, 2.24) is 0 Å². The van der Waals surface area contributed by atoms with E-state index in [4.69, 9.17) is 15.2 Å². The molecule has 0 amide bonds. The topological polar surface area (TPSA) is 44.5 Å². The lowest BCUT2D eigenvalue weighted by Crippen LogP contribution is -2.32. The fraction of sp³-hybridized carbons (Fsp3) is 0.667. The fourth-order valence-corrected chi connectivity index (χ4v) is 1.71. The average Bonchev–Trinajstić information content (AvgIpc) is 2.55. The Bertz CT molecular complexity index is 452. The summed E-state index contributed by atoms with van der Waals surface area (Å²) in [7, 11) is 0. The van der Waals surface area contributed by atoms with Crippen LogP contribution in [0.3, 0.4) is 0 Å². The maximum absolute atomic E-state index is 5.99. The van der Waals surface area contributed by atoms with Gasteiger partial charge in [0.05, 0.1) is 13.2 Å². The number of hydrogen-bond donors (Lipinski definition) is 1. The van der Waals surface area contributed by atoms with Crippen molar-refractivity contribution in [2.75, 3.05) is 13.2 Å². The Morgan fingerprint density at radius 1 is 1.19 bits per heavy atom. The molecule has 1 saturated heterocycles. The van der Waals surface area contributed by atoms with Crippen LogP contribution in [-0.4, -0.2) is 13.2 Å². The molecule has 2 N–H and O–H groups in total. The van der Waals surface area contributed by atoms with Crippen molar-refractivity contribution in [3.05, 3.63) is 35.4 Å². The van der Waals surface area contributed by atoms with Crippen molar-refractivity contribution in [2.45, 2.75) is 48.5 Å².